The van der Waals surface area contributed by atoms with E-state index in [-0.39, 0.29) is 17.2 Å². The molecule has 0 bridgehead atoms. The van der Waals surface area contributed by atoms with Crippen molar-refractivity contribution in [3.63, 3.8) is 0 Å². The Bertz CT molecular complexity index is 540. The van der Waals surface area contributed by atoms with Gasteiger partial charge in [0.25, 0.3) is 0 Å². The lowest BCUT2D eigenvalue weighted by Crippen LogP contribution is -2.54. The van der Waals surface area contributed by atoms with Crippen LogP contribution in [-0.2, 0) is 10.2 Å². The van der Waals surface area contributed by atoms with Crippen molar-refractivity contribution >= 4 is 11.9 Å². The van der Waals surface area contributed by atoms with Gasteiger partial charge in [-0.25, -0.2) is 4.79 Å². The van der Waals surface area contributed by atoms with Gasteiger partial charge in [-0.15, -0.1) is 0 Å². The van der Waals surface area contributed by atoms with E-state index in [9.17, 15) is 9.59 Å². The monoisotopic (exact) mass is 317 g/mol. The van der Waals surface area contributed by atoms with Crippen LogP contribution < -0.4 is 16.4 Å². The summed E-state index contributed by atoms with van der Waals surface area (Å²) in [5.74, 6) is -0.114. The summed E-state index contributed by atoms with van der Waals surface area (Å²) in [5, 5.41) is 5.60. The number of amides is 3. The highest BCUT2D eigenvalue weighted by atomic mass is 16.2. The van der Waals surface area contributed by atoms with Gasteiger partial charge in [0.1, 0.15) is 6.04 Å². The predicted molar refractivity (Wildman–Crippen MR) is 90.9 cm³/mol. The van der Waals surface area contributed by atoms with E-state index in [1.54, 1.807) is 0 Å². The molecule has 2 rings (SSSR count). The third-order valence-corrected chi connectivity index (χ3v) is 5.09. The normalized spacial score (nSPS) is 18.3. The minimum Gasteiger partial charge on any atom is -0.353 e. The molecule has 1 saturated carbocycles. The maximum absolute atomic E-state index is 12.5. The van der Waals surface area contributed by atoms with Gasteiger partial charge in [-0.2, -0.15) is 0 Å². The van der Waals surface area contributed by atoms with E-state index in [2.05, 4.69) is 22.8 Å². The van der Waals surface area contributed by atoms with Gasteiger partial charge in [0.15, 0.2) is 0 Å². The number of urea groups is 1. The highest BCUT2D eigenvalue weighted by Gasteiger charge is 2.39. The lowest BCUT2D eigenvalue weighted by atomic mass is 9.64. The molecule has 1 fully saturated rings. The molecule has 0 heterocycles. The second-order valence-electron chi connectivity index (χ2n) is 6.59. The number of hydrogen-bond donors (Lipinski definition) is 3. The van der Waals surface area contributed by atoms with E-state index >= 15 is 0 Å². The Morgan fingerprint density at radius 3 is 2.39 bits per heavy atom. The smallest absolute Gasteiger partial charge is 0.312 e. The van der Waals surface area contributed by atoms with Gasteiger partial charge in [-0.1, -0.05) is 57.0 Å². The Hall–Kier alpha value is -2.04. The molecule has 0 unspecified atom stereocenters. The zero-order valence-corrected chi connectivity index (χ0v) is 14.0. The number of carbonyl (C=O) groups excluding carboxylic acids is 2. The molecule has 1 aromatic rings. The van der Waals surface area contributed by atoms with Gasteiger partial charge in [0.05, 0.1) is 0 Å². The molecule has 0 aromatic heterocycles. The van der Waals surface area contributed by atoms with Crippen LogP contribution in [0.15, 0.2) is 30.3 Å². The van der Waals surface area contributed by atoms with Gasteiger partial charge >= 0.3 is 6.03 Å². The third-order valence-electron chi connectivity index (χ3n) is 5.09. The summed E-state index contributed by atoms with van der Waals surface area (Å²) < 4.78 is 0. The first kappa shape index (κ1) is 17.3. The molecule has 0 radical (unpaired) electrons. The summed E-state index contributed by atoms with van der Waals surface area (Å²) in [6, 6.07) is 9.08. The molecule has 4 N–H and O–H groups in total. The van der Waals surface area contributed by atoms with Crippen LogP contribution in [0.4, 0.5) is 4.79 Å². The fourth-order valence-electron chi connectivity index (χ4n) is 3.18. The van der Waals surface area contributed by atoms with Gasteiger partial charge in [0, 0.05) is 12.0 Å². The fourth-order valence-corrected chi connectivity index (χ4v) is 3.18. The first-order chi connectivity index (χ1) is 11.0. The average molecular weight is 317 g/mol. The van der Waals surface area contributed by atoms with Crippen molar-refractivity contribution in [3.05, 3.63) is 35.9 Å². The van der Waals surface area contributed by atoms with Crippen LogP contribution in [-0.4, -0.2) is 24.5 Å². The van der Waals surface area contributed by atoms with Crippen molar-refractivity contribution in [2.45, 2.75) is 51.0 Å². The summed E-state index contributed by atoms with van der Waals surface area (Å²) in [4.78, 5) is 23.7. The van der Waals surface area contributed by atoms with Crippen molar-refractivity contribution in [2.24, 2.45) is 11.7 Å². The molecule has 1 aliphatic carbocycles. The molecule has 2 atom stereocenters. The Morgan fingerprint density at radius 1 is 1.26 bits per heavy atom. The van der Waals surface area contributed by atoms with Gasteiger partial charge in [-0.3, -0.25) is 4.79 Å². The lowest BCUT2D eigenvalue weighted by molar-refractivity contribution is -0.124. The van der Waals surface area contributed by atoms with Crippen LogP contribution in [0.1, 0.15) is 45.1 Å². The quantitative estimate of drug-likeness (QED) is 0.721. The summed E-state index contributed by atoms with van der Waals surface area (Å²) >= 11 is 0. The van der Waals surface area contributed by atoms with Crippen LogP contribution in [0.5, 0.6) is 0 Å². The first-order valence-electron chi connectivity index (χ1n) is 8.38. The maximum Gasteiger partial charge on any atom is 0.312 e. The van der Waals surface area contributed by atoms with Crippen LogP contribution in [0.3, 0.4) is 0 Å². The van der Waals surface area contributed by atoms with Crippen molar-refractivity contribution in [1.82, 2.24) is 10.6 Å². The third kappa shape index (κ3) is 4.03. The molecule has 0 aliphatic heterocycles. The number of primary amides is 1. The fraction of sp³-hybridized carbons (Fsp3) is 0.556. The molecule has 0 saturated heterocycles. The summed E-state index contributed by atoms with van der Waals surface area (Å²) in [5.41, 5.74) is 6.51. The Balaban J connectivity index is 2.02. The second kappa shape index (κ2) is 7.49. The van der Waals surface area contributed by atoms with Crippen molar-refractivity contribution in [1.29, 1.82) is 0 Å². The van der Waals surface area contributed by atoms with Gasteiger partial charge < -0.3 is 16.4 Å². The van der Waals surface area contributed by atoms with E-state index in [4.69, 9.17) is 5.73 Å². The molecule has 3 amide bonds. The number of rotatable bonds is 7. The zero-order valence-electron chi connectivity index (χ0n) is 14.0. The Labute approximate surface area is 138 Å². The molecule has 5 nitrogen and oxygen atoms in total. The molecular weight excluding hydrogens is 290 g/mol. The number of nitrogens with one attached hydrogen (secondary N) is 2. The molecule has 126 valence electrons. The summed E-state index contributed by atoms with van der Waals surface area (Å²) in [6.07, 6.45) is 4.13. The van der Waals surface area contributed by atoms with E-state index in [1.807, 2.05) is 32.0 Å². The molecule has 23 heavy (non-hydrogen) atoms. The van der Waals surface area contributed by atoms with E-state index in [1.165, 1.54) is 12.0 Å². The number of carbonyl (C=O) groups is 2. The molecule has 1 aliphatic rings. The number of hydrogen-bond acceptors (Lipinski definition) is 2. The molecule has 1 aromatic carbocycles. The Kier molecular flexibility index (Phi) is 5.64. The van der Waals surface area contributed by atoms with Crippen LogP contribution in [0, 0.1) is 5.92 Å². The highest BCUT2D eigenvalue weighted by molar-refractivity contribution is 5.86. The lowest BCUT2D eigenvalue weighted by Gasteiger charge is -2.43. The molecular formula is C18H27N3O2. The SMILES string of the molecule is CC[C@@H](C)[C@H](NC(N)=O)C(=O)NCC1(c2ccccc2)CCC1. The molecule has 5 heteroatoms. The minimum absolute atomic E-state index is 0.0314. The van der Waals surface area contributed by atoms with Crippen LogP contribution in [0.2, 0.25) is 0 Å². The van der Waals surface area contributed by atoms with Crippen molar-refractivity contribution in [3.8, 4) is 0 Å². The van der Waals surface area contributed by atoms with Crippen molar-refractivity contribution < 1.29 is 9.59 Å². The van der Waals surface area contributed by atoms with Crippen LogP contribution >= 0.6 is 0 Å². The first-order valence-corrected chi connectivity index (χ1v) is 8.38. The maximum atomic E-state index is 12.5. The van der Waals surface area contributed by atoms with E-state index in [0.717, 1.165) is 19.3 Å². The summed E-state index contributed by atoms with van der Waals surface area (Å²) in [6.45, 7) is 4.53. The van der Waals surface area contributed by atoms with E-state index in [0.29, 0.717) is 6.54 Å². The summed E-state index contributed by atoms with van der Waals surface area (Å²) in [7, 11) is 0. The largest absolute Gasteiger partial charge is 0.353 e. The highest BCUT2D eigenvalue weighted by Crippen LogP contribution is 2.43. The predicted octanol–water partition coefficient (Wildman–Crippen LogP) is 2.31. The number of benzene rings is 1. The van der Waals surface area contributed by atoms with Crippen molar-refractivity contribution in [2.75, 3.05) is 6.54 Å². The van der Waals surface area contributed by atoms with Gasteiger partial charge in [-0.05, 0) is 24.3 Å². The average Bonchev–Trinajstić information content (AvgIpc) is 2.51. The van der Waals surface area contributed by atoms with Gasteiger partial charge in [0.2, 0.25) is 5.91 Å². The number of nitrogens with two attached hydrogens (primary N) is 1. The zero-order chi connectivity index (χ0) is 16.9. The second-order valence-corrected chi connectivity index (χ2v) is 6.59. The topological polar surface area (TPSA) is 84.2 Å². The Morgan fingerprint density at radius 2 is 1.91 bits per heavy atom. The standard InChI is InChI=1S/C18H27N3O2/c1-3-13(2)15(21-17(19)23)16(22)20-12-18(10-7-11-18)14-8-5-4-6-9-14/h4-6,8-9,13,15H,3,7,10-12H2,1-2H3,(H,20,22)(H3,19,21,23)/t13-,15+/m1/s1. The van der Waals surface area contributed by atoms with Crippen LogP contribution in [0.25, 0.3) is 0 Å². The van der Waals surface area contributed by atoms with E-state index < -0.39 is 12.1 Å². The molecule has 0 spiro atoms. The minimum atomic E-state index is -0.660.